The van der Waals surface area contributed by atoms with Gasteiger partial charge in [0.2, 0.25) is 11.8 Å². The first-order valence-electron chi connectivity index (χ1n) is 6.67. The summed E-state index contributed by atoms with van der Waals surface area (Å²) in [6.45, 7) is 0.415. The van der Waals surface area contributed by atoms with Gasteiger partial charge in [-0.1, -0.05) is 12.1 Å². The minimum Gasteiger partial charge on any atom is -0.353 e. The molecule has 6 N–H and O–H groups in total. The third-order valence-corrected chi connectivity index (χ3v) is 2.87. The minimum absolute atomic E-state index is 0. The molecule has 0 fully saturated rings. The zero-order chi connectivity index (χ0) is 16.5. The highest BCUT2D eigenvalue weighted by Gasteiger charge is 2.14. The van der Waals surface area contributed by atoms with Crippen molar-refractivity contribution in [2.75, 3.05) is 19.6 Å². The molecule has 0 saturated heterocycles. The summed E-state index contributed by atoms with van der Waals surface area (Å²) in [6.07, 6.45) is 0.263. The molecule has 0 unspecified atom stereocenters. The van der Waals surface area contributed by atoms with Crippen LogP contribution in [0.15, 0.2) is 24.3 Å². The number of non-ortho nitro benzene ring substituents is 1. The highest BCUT2D eigenvalue weighted by Crippen LogP contribution is 2.12. The van der Waals surface area contributed by atoms with Gasteiger partial charge >= 0.3 is 0 Å². The molecule has 10 heteroatoms. The number of hydrogen-bond donors (Lipinski definition) is 4. The fraction of sp³-hybridized carbons (Fsp3) is 0.385. The van der Waals surface area contributed by atoms with Crippen LogP contribution < -0.4 is 22.1 Å². The molecule has 0 radical (unpaired) electrons. The van der Waals surface area contributed by atoms with Crippen molar-refractivity contribution in [3.05, 3.63) is 39.9 Å². The third kappa shape index (κ3) is 7.54. The first-order chi connectivity index (χ1) is 10.4. The highest BCUT2D eigenvalue weighted by molar-refractivity contribution is 5.85. The van der Waals surface area contributed by atoms with Gasteiger partial charge < -0.3 is 22.1 Å². The molecular formula is C13H20ClN5O4. The molecule has 0 bridgehead atoms. The number of hydrogen-bond acceptors (Lipinski definition) is 6. The fourth-order valence-electron chi connectivity index (χ4n) is 1.69. The summed E-state index contributed by atoms with van der Waals surface area (Å²) in [5.41, 5.74) is 11.6. The number of amides is 2. The van der Waals surface area contributed by atoms with Crippen LogP contribution in [0.25, 0.3) is 0 Å². The molecule has 9 nitrogen and oxygen atoms in total. The van der Waals surface area contributed by atoms with Crippen molar-refractivity contribution in [2.24, 2.45) is 11.5 Å². The summed E-state index contributed by atoms with van der Waals surface area (Å²) in [5.74, 6) is -0.662. The van der Waals surface area contributed by atoms with E-state index in [0.29, 0.717) is 0 Å². The lowest BCUT2D eigenvalue weighted by molar-refractivity contribution is -0.384. The van der Waals surface area contributed by atoms with Gasteiger partial charge in [-0.3, -0.25) is 19.7 Å². The molecule has 0 aromatic heterocycles. The van der Waals surface area contributed by atoms with Gasteiger partial charge in [0, 0.05) is 25.2 Å². The zero-order valence-corrected chi connectivity index (χ0v) is 13.2. The maximum atomic E-state index is 11.8. The number of carbonyl (C=O) groups excluding carboxylic acids is 2. The van der Waals surface area contributed by atoms with Crippen LogP contribution >= 0.6 is 12.4 Å². The van der Waals surface area contributed by atoms with Crippen LogP contribution in [0.3, 0.4) is 0 Å². The van der Waals surface area contributed by atoms with Gasteiger partial charge in [-0.2, -0.15) is 0 Å². The Balaban J connectivity index is 0.00000484. The highest BCUT2D eigenvalue weighted by atomic mass is 35.5. The SMILES string of the molecule is Cl.NCC(=O)NCCNC(=O)[C@@H](N)Cc1ccc([N+](=O)[O-])cc1. The number of nitro groups is 1. The van der Waals surface area contributed by atoms with E-state index in [0.717, 1.165) is 5.56 Å². The largest absolute Gasteiger partial charge is 0.353 e. The number of carbonyl (C=O) groups is 2. The van der Waals surface area contributed by atoms with Crippen molar-refractivity contribution in [2.45, 2.75) is 12.5 Å². The summed E-state index contributed by atoms with van der Waals surface area (Å²) in [7, 11) is 0. The number of nitrogens with one attached hydrogen (secondary N) is 2. The molecule has 0 aliphatic rings. The van der Waals surface area contributed by atoms with Crippen molar-refractivity contribution in [1.29, 1.82) is 0 Å². The number of nitro benzene ring substituents is 1. The predicted octanol–water partition coefficient (Wildman–Crippen LogP) is -0.922. The summed E-state index contributed by atoms with van der Waals surface area (Å²) in [6, 6.07) is 5.08. The van der Waals surface area contributed by atoms with Crippen molar-refractivity contribution < 1.29 is 14.5 Å². The Bertz CT molecular complexity index is 538. The van der Waals surface area contributed by atoms with Gasteiger partial charge in [-0.05, 0) is 12.0 Å². The lowest BCUT2D eigenvalue weighted by Gasteiger charge is -2.12. The summed E-state index contributed by atoms with van der Waals surface area (Å²) >= 11 is 0. The normalized spacial score (nSPS) is 11.0. The van der Waals surface area contributed by atoms with Gasteiger partial charge in [0.05, 0.1) is 17.5 Å². The summed E-state index contributed by atoms with van der Waals surface area (Å²) < 4.78 is 0. The molecular weight excluding hydrogens is 326 g/mol. The van der Waals surface area contributed by atoms with Crippen molar-refractivity contribution in [3.63, 3.8) is 0 Å². The third-order valence-electron chi connectivity index (χ3n) is 2.87. The first-order valence-corrected chi connectivity index (χ1v) is 6.67. The van der Waals surface area contributed by atoms with Crippen LogP contribution in [0.2, 0.25) is 0 Å². The molecule has 1 aromatic carbocycles. The number of benzene rings is 1. The Morgan fingerprint density at radius 3 is 2.26 bits per heavy atom. The average molecular weight is 346 g/mol. The average Bonchev–Trinajstić information content (AvgIpc) is 2.51. The number of nitrogens with two attached hydrogens (primary N) is 2. The topological polar surface area (TPSA) is 153 Å². The standard InChI is InChI=1S/C13H19N5O4.ClH/c14-8-12(19)16-5-6-17-13(20)11(15)7-9-1-3-10(4-2-9)18(21)22;/h1-4,11H,5-8,14-15H2,(H,16,19)(H,17,20);1H/t11-;/m0./s1. The van der Waals surface area contributed by atoms with E-state index < -0.39 is 11.0 Å². The number of nitrogens with zero attached hydrogens (tertiary/aromatic N) is 1. The van der Waals surface area contributed by atoms with Gasteiger partial charge in [0.25, 0.3) is 5.69 Å². The Hall–Kier alpha value is -2.23. The van der Waals surface area contributed by atoms with Gasteiger partial charge in [0.1, 0.15) is 0 Å². The van der Waals surface area contributed by atoms with Crippen LogP contribution in [0.1, 0.15) is 5.56 Å². The monoisotopic (exact) mass is 345 g/mol. The Kier molecular flexibility index (Phi) is 9.47. The van der Waals surface area contributed by atoms with E-state index in [9.17, 15) is 19.7 Å². The van der Waals surface area contributed by atoms with E-state index in [-0.39, 0.29) is 56.0 Å². The molecule has 23 heavy (non-hydrogen) atoms. The van der Waals surface area contributed by atoms with Gasteiger partial charge in [0.15, 0.2) is 0 Å². The number of rotatable bonds is 8. The smallest absolute Gasteiger partial charge is 0.269 e. The predicted molar refractivity (Wildman–Crippen MR) is 87.1 cm³/mol. The van der Waals surface area contributed by atoms with E-state index in [2.05, 4.69) is 10.6 Å². The lowest BCUT2D eigenvalue weighted by Crippen LogP contribution is -2.45. The van der Waals surface area contributed by atoms with E-state index in [1.54, 1.807) is 12.1 Å². The Labute approximate surface area is 139 Å². The summed E-state index contributed by atoms with van der Waals surface area (Å²) in [4.78, 5) is 32.7. The summed E-state index contributed by atoms with van der Waals surface area (Å²) in [5, 5.41) is 15.6. The molecule has 1 atom stereocenters. The van der Waals surface area contributed by atoms with Gasteiger partial charge in [-0.15, -0.1) is 12.4 Å². The molecule has 0 aliphatic carbocycles. The molecule has 0 aliphatic heterocycles. The van der Waals surface area contributed by atoms with Crippen LogP contribution in [0, 0.1) is 10.1 Å². The van der Waals surface area contributed by atoms with Crippen molar-refractivity contribution >= 4 is 29.9 Å². The second-order valence-corrected chi connectivity index (χ2v) is 4.58. The maximum absolute atomic E-state index is 11.8. The molecule has 0 heterocycles. The fourth-order valence-corrected chi connectivity index (χ4v) is 1.69. The minimum atomic E-state index is -0.772. The maximum Gasteiger partial charge on any atom is 0.269 e. The molecule has 1 aromatic rings. The van der Waals surface area contributed by atoms with E-state index in [1.165, 1.54) is 12.1 Å². The van der Waals surface area contributed by atoms with Crippen LogP contribution in [0.4, 0.5) is 5.69 Å². The van der Waals surface area contributed by atoms with Gasteiger partial charge in [-0.25, -0.2) is 0 Å². The Morgan fingerprint density at radius 1 is 1.17 bits per heavy atom. The lowest BCUT2D eigenvalue weighted by atomic mass is 10.1. The first kappa shape index (κ1) is 20.8. The van der Waals surface area contributed by atoms with Crippen LogP contribution in [-0.2, 0) is 16.0 Å². The molecule has 2 amide bonds. The zero-order valence-electron chi connectivity index (χ0n) is 12.4. The van der Waals surface area contributed by atoms with E-state index in [4.69, 9.17) is 11.5 Å². The van der Waals surface area contributed by atoms with Crippen molar-refractivity contribution in [1.82, 2.24) is 10.6 Å². The quantitative estimate of drug-likeness (QED) is 0.271. The molecule has 1 rings (SSSR count). The van der Waals surface area contributed by atoms with Crippen LogP contribution in [-0.4, -0.2) is 42.4 Å². The second kappa shape index (κ2) is 10.5. The van der Waals surface area contributed by atoms with E-state index >= 15 is 0 Å². The number of halogens is 1. The molecule has 0 saturated carbocycles. The van der Waals surface area contributed by atoms with Crippen molar-refractivity contribution in [3.8, 4) is 0 Å². The molecule has 128 valence electrons. The van der Waals surface area contributed by atoms with E-state index in [1.807, 2.05) is 0 Å². The second-order valence-electron chi connectivity index (χ2n) is 4.58. The Morgan fingerprint density at radius 2 is 1.74 bits per heavy atom. The van der Waals surface area contributed by atoms with Crippen LogP contribution in [0.5, 0.6) is 0 Å². The molecule has 0 spiro atoms.